The highest BCUT2D eigenvalue weighted by Gasteiger charge is 2.38. The molecule has 2 atom stereocenters. The molecular formula is C15H27NO5. The molecule has 122 valence electrons. The Labute approximate surface area is 126 Å². The standard InChI is InChI=1S/C15H27NO5/c1-6-20-13(17)8-11-7-12(10-19-5)16(9-11)14(18)21-15(2,3)4/h11-12H,6-10H2,1-5H3/t11?,12-/m0/s1. The summed E-state index contributed by atoms with van der Waals surface area (Å²) in [5.74, 6) is -0.124. The highest BCUT2D eigenvalue weighted by Crippen LogP contribution is 2.28. The first-order valence-electron chi connectivity index (χ1n) is 7.41. The molecule has 0 radical (unpaired) electrons. The molecule has 6 nitrogen and oxygen atoms in total. The van der Waals surface area contributed by atoms with Gasteiger partial charge in [-0.05, 0) is 40.0 Å². The lowest BCUT2D eigenvalue weighted by Crippen LogP contribution is -2.41. The van der Waals surface area contributed by atoms with Crippen molar-refractivity contribution < 1.29 is 23.8 Å². The molecule has 0 aromatic carbocycles. The van der Waals surface area contributed by atoms with Gasteiger partial charge < -0.3 is 19.1 Å². The van der Waals surface area contributed by atoms with E-state index in [1.807, 2.05) is 20.8 Å². The zero-order chi connectivity index (χ0) is 16.0. The fraction of sp³-hybridized carbons (Fsp3) is 0.867. The number of esters is 1. The molecule has 0 spiro atoms. The zero-order valence-corrected chi connectivity index (χ0v) is 13.7. The van der Waals surface area contributed by atoms with Gasteiger partial charge in [0.1, 0.15) is 5.60 Å². The Bertz CT molecular complexity index is 364. The van der Waals surface area contributed by atoms with Gasteiger partial charge in [-0.3, -0.25) is 4.79 Å². The largest absolute Gasteiger partial charge is 0.466 e. The minimum atomic E-state index is -0.534. The molecular weight excluding hydrogens is 274 g/mol. The maximum absolute atomic E-state index is 12.2. The first kappa shape index (κ1) is 17.8. The third kappa shape index (κ3) is 5.91. The van der Waals surface area contributed by atoms with E-state index < -0.39 is 5.60 Å². The number of carbonyl (C=O) groups is 2. The van der Waals surface area contributed by atoms with E-state index in [1.165, 1.54) is 0 Å². The molecule has 1 amide bonds. The maximum atomic E-state index is 12.2. The third-order valence-corrected chi connectivity index (χ3v) is 3.25. The van der Waals surface area contributed by atoms with Crippen molar-refractivity contribution in [1.82, 2.24) is 4.90 Å². The summed E-state index contributed by atoms with van der Waals surface area (Å²) >= 11 is 0. The van der Waals surface area contributed by atoms with Gasteiger partial charge in [0.15, 0.2) is 0 Å². The van der Waals surface area contributed by atoms with Gasteiger partial charge >= 0.3 is 12.1 Å². The number of rotatable bonds is 5. The van der Waals surface area contributed by atoms with Crippen molar-refractivity contribution in [3.63, 3.8) is 0 Å². The summed E-state index contributed by atoms with van der Waals surface area (Å²) in [5, 5.41) is 0. The molecule has 0 aliphatic carbocycles. The first-order valence-corrected chi connectivity index (χ1v) is 7.41. The van der Waals surface area contributed by atoms with Crippen LogP contribution >= 0.6 is 0 Å². The highest BCUT2D eigenvalue weighted by molar-refractivity contribution is 5.71. The highest BCUT2D eigenvalue weighted by atomic mass is 16.6. The van der Waals surface area contributed by atoms with Gasteiger partial charge in [-0.15, -0.1) is 0 Å². The van der Waals surface area contributed by atoms with Crippen LogP contribution in [0.5, 0.6) is 0 Å². The van der Waals surface area contributed by atoms with Crippen LogP contribution in [0.3, 0.4) is 0 Å². The van der Waals surface area contributed by atoms with Crippen molar-refractivity contribution in [3.8, 4) is 0 Å². The second kappa shape index (κ2) is 7.64. The number of amides is 1. The average Bonchev–Trinajstić information content (AvgIpc) is 2.70. The normalized spacial score (nSPS) is 22.2. The second-order valence-corrected chi connectivity index (χ2v) is 6.35. The van der Waals surface area contributed by atoms with E-state index >= 15 is 0 Å². The van der Waals surface area contributed by atoms with Gasteiger partial charge in [-0.2, -0.15) is 0 Å². The molecule has 1 fully saturated rings. The molecule has 0 saturated carbocycles. The zero-order valence-electron chi connectivity index (χ0n) is 13.7. The summed E-state index contributed by atoms with van der Waals surface area (Å²) in [6.07, 6.45) is 0.704. The van der Waals surface area contributed by atoms with E-state index in [2.05, 4.69) is 0 Å². The van der Waals surface area contributed by atoms with Crippen LogP contribution < -0.4 is 0 Å². The van der Waals surface area contributed by atoms with Gasteiger partial charge in [-0.1, -0.05) is 0 Å². The van der Waals surface area contributed by atoms with Crippen molar-refractivity contribution in [2.45, 2.75) is 52.2 Å². The Morgan fingerprint density at radius 3 is 2.48 bits per heavy atom. The van der Waals surface area contributed by atoms with Crippen molar-refractivity contribution in [2.75, 3.05) is 26.9 Å². The number of carbonyl (C=O) groups excluding carboxylic acids is 2. The molecule has 1 unspecified atom stereocenters. The van der Waals surface area contributed by atoms with Gasteiger partial charge in [0, 0.05) is 13.7 Å². The molecule has 1 rings (SSSR count). The molecule has 1 aliphatic rings. The predicted molar refractivity (Wildman–Crippen MR) is 78.0 cm³/mol. The lowest BCUT2D eigenvalue weighted by molar-refractivity contribution is -0.144. The number of ether oxygens (including phenoxy) is 3. The fourth-order valence-electron chi connectivity index (χ4n) is 2.51. The summed E-state index contributed by atoms with van der Waals surface area (Å²) < 4.78 is 15.6. The summed E-state index contributed by atoms with van der Waals surface area (Å²) in [6, 6.07) is -0.0516. The second-order valence-electron chi connectivity index (χ2n) is 6.35. The van der Waals surface area contributed by atoms with E-state index in [0.29, 0.717) is 26.2 Å². The fourth-order valence-corrected chi connectivity index (χ4v) is 2.51. The van der Waals surface area contributed by atoms with Crippen LogP contribution in [0.1, 0.15) is 40.5 Å². The molecule has 1 saturated heterocycles. The van der Waals surface area contributed by atoms with Crippen molar-refractivity contribution in [3.05, 3.63) is 0 Å². The molecule has 0 aromatic heterocycles. The Kier molecular flexibility index (Phi) is 6.45. The van der Waals surface area contributed by atoms with Crippen molar-refractivity contribution in [1.29, 1.82) is 0 Å². The Morgan fingerprint density at radius 1 is 1.29 bits per heavy atom. The Morgan fingerprint density at radius 2 is 1.95 bits per heavy atom. The quantitative estimate of drug-likeness (QED) is 0.728. The van der Waals surface area contributed by atoms with Crippen LogP contribution in [-0.2, 0) is 19.0 Å². The first-order chi connectivity index (χ1) is 9.76. The monoisotopic (exact) mass is 301 g/mol. The van der Waals surface area contributed by atoms with E-state index in [-0.39, 0.29) is 24.0 Å². The summed E-state index contributed by atoms with van der Waals surface area (Å²) in [7, 11) is 1.60. The van der Waals surface area contributed by atoms with E-state index in [1.54, 1.807) is 18.9 Å². The van der Waals surface area contributed by atoms with Crippen molar-refractivity contribution in [2.24, 2.45) is 5.92 Å². The summed E-state index contributed by atoms with van der Waals surface area (Å²) in [4.78, 5) is 25.5. The molecule has 0 aromatic rings. The summed E-state index contributed by atoms with van der Waals surface area (Å²) in [6.45, 7) is 8.61. The summed E-state index contributed by atoms with van der Waals surface area (Å²) in [5.41, 5.74) is -0.534. The van der Waals surface area contributed by atoms with Crippen LogP contribution in [0.15, 0.2) is 0 Å². The predicted octanol–water partition coefficient (Wildman–Crippen LogP) is 2.21. The number of methoxy groups -OCH3 is 1. The van der Waals surface area contributed by atoms with E-state index in [4.69, 9.17) is 14.2 Å². The molecule has 6 heteroatoms. The van der Waals surface area contributed by atoms with Gasteiger partial charge in [0.2, 0.25) is 0 Å². The Hall–Kier alpha value is -1.30. The lowest BCUT2D eigenvalue weighted by atomic mass is 10.0. The molecule has 0 N–H and O–H groups in total. The van der Waals surface area contributed by atoms with E-state index in [9.17, 15) is 9.59 Å². The van der Waals surface area contributed by atoms with Crippen LogP contribution in [0.25, 0.3) is 0 Å². The smallest absolute Gasteiger partial charge is 0.410 e. The van der Waals surface area contributed by atoms with Crippen LogP contribution in [0.2, 0.25) is 0 Å². The topological polar surface area (TPSA) is 65.1 Å². The minimum absolute atomic E-state index is 0.0516. The molecule has 21 heavy (non-hydrogen) atoms. The number of nitrogens with zero attached hydrogens (tertiary/aromatic N) is 1. The average molecular weight is 301 g/mol. The van der Waals surface area contributed by atoms with E-state index in [0.717, 1.165) is 6.42 Å². The third-order valence-electron chi connectivity index (χ3n) is 3.25. The van der Waals surface area contributed by atoms with Gasteiger partial charge in [-0.25, -0.2) is 4.79 Å². The Balaban J connectivity index is 2.64. The SMILES string of the molecule is CCOC(=O)CC1C[C@@H](COC)N(C(=O)OC(C)(C)C)C1. The molecule has 0 bridgehead atoms. The minimum Gasteiger partial charge on any atom is -0.466 e. The molecule has 1 heterocycles. The number of hydrogen-bond donors (Lipinski definition) is 0. The van der Waals surface area contributed by atoms with Crippen LogP contribution in [0, 0.1) is 5.92 Å². The lowest BCUT2D eigenvalue weighted by Gasteiger charge is -2.28. The molecule has 1 aliphatic heterocycles. The van der Waals surface area contributed by atoms with Gasteiger partial charge in [0.25, 0.3) is 0 Å². The van der Waals surface area contributed by atoms with Crippen molar-refractivity contribution >= 4 is 12.1 Å². The van der Waals surface area contributed by atoms with Crippen LogP contribution in [0.4, 0.5) is 4.79 Å². The number of hydrogen-bond acceptors (Lipinski definition) is 5. The van der Waals surface area contributed by atoms with Gasteiger partial charge in [0.05, 0.1) is 25.7 Å². The number of likely N-dealkylation sites (tertiary alicyclic amines) is 1. The van der Waals surface area contributed by atoms with Crippen LogP contribution in [-0.4, -0.2) is 55.5 Å². The maximum Gasteiger partial charge on any atom is 0.410 e.